The van der Waals surface area contributed by atoms with Gasteiger partial charge in [-0.3, -0.25) is 10.1 Å². The van der Waals surface area contributed by atoms with Crippen molar-refractivity contribution in [2.75, 3.05) is 7.11 Å². The second-order valence-corrected chi connectivity index (χ2v) is 9.67. The molecule has 0 spiro atoms. The molecule has 5 unspecified atom stereocenters. The minimum atomic E-state index is -3.10. The molecule has 0 aromatic heterocycles. The highest BCUT2D eigenvalue weighted by atomic mass is 31.0. The zero-order valence-corrected chi connectivity index (χ0v) is 21.7. The van der Waals surface area contributed by atoms with Gasteiger partial charge in [-0.15, -0.1) is 0 Å². The van der Waals surface area contributed by atoms with Crippen LogP contribution in [0.25, 0.3) is 0 Å². The van der Waals surface area contributed by atoms with Crippen molar-refractivity contribution in [3.05, 3.63) is 70.8 Å². The molecule has 2 aromatic rings. The molecule has 0 radical (unpaired) electrons. The number of halogens is 2. The van der Waals surface area contributed by atoms with Crippen molar-refractivity contribution in [2.24, 2.45) is 0 Å². The first kappa shape index (κ1) is 26.7. The van der Waals surface area contributed by atoms with Gasteiger partial charge >= 0.3 is 0 Å². The van der Waals surface area contributed by atoms with Crippen LogP contribution in [0.4, 0.5) is 8.78 Å². The Balaban J connectivity index is 0.00000158. The highest BCUT2D eigenvalue weighted by molar-refractivity contribution is 7.18. The number of carbonyl (C=O) groups is 1. The Morgan fingerprint density at radius 3 is 2.44 bits per heavy atom. The van der Waals surface area contributed by atoms with Crippen LogP contribution in [0.2, 0.25) is 0 Å². The lowest BCUT2D eigenvalue weighted by atomic mass is 9.79. The molecule has 7 heteroatoms. The molecule has 1 amide bonds. The van der Waals surface area contributed by atoms with Crippen molar-refractivity contribution in [2.45, 2.75) is 82.9 Å². The van der Waals surface area contributed by atoms with Crippen molar-refractivity contribution >= 4 is 15.1 Å². The fourth-order valence-corrected chi connectivity index (χ4v) is 5.34. The number of methoxy groups -OCH3 is 1. The van der Waals surface area contributed by atoms with E-state index < -0.39 is 17.9 Å². The van der Waals surface area contributed by atoms with Crippen LogP contribution in [0.3, 0.4) is 0 Å². The molecule has 2 aromatic carbocycles. The number of rotatable bonds is 7. The minimum absolute atomic E-state index is 0.0431. The number of benzene rings is 2. The summed E-state index contributed by atoms with van der Waals surface area (Å²) in [5.74, 6) is 0.386. The van der Waals surface area contributed by atoms with Gasteiger partial charge in [0.05, 0.1) is 0 Å². The molecule has 1 saturated carbocycles. The number of amides is 1. The van der Waals surface area contributed by atoms with Crippen LogP contribution in [-0.2, 0) is 11.3 Å². The van der Waals surface area contributed by atoms with Crippen LogP contribution in [0, 0.1) is 0 Å². The third-order valence-corrected chi connectivity index (χ3v) is 7.11. The normalized spacial score (nSPS) is 22.0. The van der Waals surface area contributed by atoms with E-state index in [1.165, 1.54) is 28.3 Å². The molecular weight excluding hydrogens is 453 g/mol. The van der Waals surface area contributed by atoms with E-state index in [0.717, 1.165) is 30.4 Å². The Kier molecular flexibility index (Phi) is 9.20. The second-order valence-electron chi connectivity index (χ2n) is 8.90. The summed E-state index contributed by atoms with van der Waals surface area (Å²) < 4.78 is 32.3. The monoisotopic (exact) mass is 490 g/mol. The minimum Gasteiger partial charge on any atom is -0.360 e. The molecule has 1 aliphatic heterocycles. The number of fused-ring (bicyclic) bond motifs is 1. The van der Waals surface area contributed by atoms with Gasteiger partial charge in [0.1, 0.15) is 0 Å². The predicted octanol–water partition coefficient (Wildman–Crippen LogP) is 6.49. The standard InChI is InChI=1S/C25H31F2N2O2P.C2H6/c1-16(28-24(31-2)25(26,27)32)18-12-13-19-15-29(23(30)21(19)14-18)22-11-7-6-10-20(22)17-8-4-3-5-9-17;1-2/h3-5,8-9,12-14,16,20,22,24,28H,6-7,10-11,15,32H2,1-2H3;1-2H3. The number of carbonyl (C=O) groups excluding carboxylic acids is 1. The van der Waals surface area contributed by atoms with Crippen LogP contribution < -0.4 is 5.32 Å². The van der Waals surface area contributed by atoms with Crippen LogP contribution >= 0.6 is 9.24 Å². The van der Waals surface area contributed by atoms with Crippen LogP contribution in [0.5, 0.6) is 0 Å². The van der Waals surface area contributed by atoms with Crippen LogP contribution in [-0.4, -0.2) is 35.9 Å². The van der Waals surface area contributed by atoms with Gasteiger partial charge in [-0.25, -0.2) is 0 Å². The number of ether oxygens (including phenoxy) is 1. The quantitative estimate of drug-likeness (QED) is 0.357. The fourth-order valence-electron chi connectivity index (χ4n) is 5.11. The van der Waals surface area contributed by atoms with Gasteiger partial charge in [0.2, 0.25) is 0 Å². The van der Waals surface area contributed by atoms with Crippen LogP contribution in [0.1, 0.15) is 85.5 Å². The topological polar surface area (TPSA) is 41.6 Å². The summed E-state index contributed by atoms with van der Waals surface area (Å²) in [4.78, 5) is 15.5. The van der Waals surface area contributed by atoms with E-state index in [2.05, 4.69) is 29.6 Å². The van der Waals surface area contributed by atoms with Crippen molar-refractivity contribution < 1.29 is 18.3 Å². The number of hydrogen-bond donors (Lipinski definition) is 1. The lowest BCUT2D eigenvalue weighted by Crippen LogP contribution is -2.43. The van der Waals surface area contributed by atoms with Crippen molar-refractivity contribution in [1.29, 1.82) is 0 Å². The first-order valence-electron chi connectivity index (χ1n) is 12.2. The molecule has 0 bridgehead atoms. The molecule has 4 rings (SSSR count). The summed E-state index contributed by atoms with van der Waals surface area (Å²) in [6.07, 6.45) is 2.96. The average Bonchev–Trinajstić information content (AvgIpc) is 3.19. The van der Waals surface area contributed by atoms with Crippen LogP contribution in [0.15, 0.2) is 48.5 Å². The highest BCUT2D eigenvalue weighted by Crippen LogP contribution is 2.40. The second kappa shape index (κ2) is 11.7. The summed E-state index contributed by atoms with van der Waals surface area (Å²) in [7, 11) is 2.76. The van der Waals surface area contributed by atoms with Gasteiger partial charge in [0.15, 0.2) is 6.23 Å². The molecular formula is C27H37F2N2O2P. The highest BCUT2D eigenvalue weighted by Gasteiger charge is 2.39. The number of alkyl halides is 2. The Labute approximate surface area is 204 Å². The Morgan fingerprint density at radius 2 is 1.79 bits per heavy atom. The third-order valence-electron chi connectivity index (χ3n) is 6.81. The first-order valence-corrected chi connectivity index (χ1v) is 12.8. The Morgan fingerprint density at radius 1 is 1.12 bits per heavy atom. The largest absolute Gasteiger partial charge is 0.360 e. The van der Waals surface area contributed by atoms with E-state index in [-0.39, 0.29) is 11.9 Å². The maximum Gasteiger partial charge on any atom is 0.297 e. The van der Waals surface area contributed by atoms with E-state index in [1.54, 1.807) is 6.92 Å². The number of nitrogens with zero attached hydrogens (tertiary/aromatic N) is 1. The molecule has 4 nitrogen and oxygen atoms in total. The van der Waals surface area contributed by atoms with Crippen molar-refractivity contribution in [3.8, 4) is 0 Å². The van der Waals surface area contributed by atoms with Gasteiger partial charge < -0.3 is 9.64 Å². The summed E-state index contributed by atoms with van der Waals surface area (Å²) >= 11 is 0. The molecule has 1 aliphatic carbocycles. The summed E-state index contributed by atoms with van der Waals surface area (Å²) in [5.41, 5.74) is 0.671. The molecule has 1 fully saturated rings. The summed E-state index contributed by atoms with van der Waals surface area (Å²) in [5, 5.41) is 2.81. The van der Waals surface area contributed by atoms with E-state index in [4.69, 9.17) is 4.74 Å². The molecule has 1 N–H and O–H groups in total. The molecule has 34 heavy (non-hydrogen) atoms. The Bertz CT molecular complexity index is 951. The zero-order chi connectivity index (χ0) is 24.9. The van der Waals surface area contributed by atoms with Crippen molar-refractivity contribution in [1.82, 2.24) is 10.2 Å². The molecule has 2 aliphatic rings. The molecule has 1 heterocycles. The van der Waals surface area contributed by atoms with E-state index in [9.17, 15) is 13.6 Å². The van der Waals surface area contributed by atoms with Crippen molar-refractivity contribution in [3.63, 3.8) is 0 Å². The van der Waals surface area contributed by atoms with E-state index in [1.807, 2.05) is 43.0 Å². The lowest BCUT2D eigenvalue weighted by molar-refractivity contribution is -0.0808. The summed E-state index contributed by atoms with van der Waals surface area (Å²) in [6.45, 7) is 6.41. The average molecular weight is 491 g/mol. The lowest BCUT2D eigenvalue weighted by Gasteiger charge is -2.38. The fraction of sp³-hybridized carbons (Fsp3) is 0.519. The van der Waals surface area contributed by atoms with Gasteiger partial charge in [-0.1, -0.05) is 78.4 Å². The van der Waals surface area contributed by atoms with Gasteiger partial charge in [-0.05, 0) is 42.5 Å². The molecule has 5 atom stereocenters. The molecule has 186 valence electrons. The maximum atomic E-state index is 13.7. The molecule has 0 saturated heterocycles. The van der Waals surface area contributed by atoms with E-state index >= 15 is 0 Å². The number of hydrogen-bond acceptors (Lipinski definition) is 3. The number of nitrogens with one attached hydrogen (secondary N) is 1. The first-order chi connectivity index (χ1) is 16.3. The third kappa shape index (κ3) is 5.84. The maximum absolute atomic E-state index is 13.7. The SMILES string of the molecule is CC.COC(NC(C)c1ccc2c(c1)C(=O)N(C1CCCCC1c1ccccc1)C2)C(F)(F)P. The van der Waals surface area contributed by atoms with E-state index in [0.29, 0.717) is 18.0 Å². The zero-order valence-electron chi connectivity index (χ0n) is 20.6. The van der Waals surface area contributed by atoms with Gasteiger partial charge in [0, 0.05) is 37.2 Å². The van der Waals surface area contributed by atoms with Gasteiger partial charge in [0.25, 0.3) is 11.6 Å². The van der Waals surface area contributed by atoms with Gasteiger partial charge in [-0.2, -0.15) is 8.78 Å². The predicted molar refractivity (Wildman–Crippen MR) is 136 cm³/mol. The smallest absolute Gasteiger partial charge is 0.297 e. The Hall–Kier alpha value is -1.88. The summed E-state index contributed by atoms with van der Waals surface area (Å²) in [6, 6.07) is 16.0.